The second-order valence-corrected chi connectivity index (χ2v) is 5.37. The van der Waals surface area contributed by atoms with Crippen molar-refractivity contribution < 1.29 is 19.1 Å². The van der Waals surface area contributed by atoms with E-state index in [2.05, 4.69) is 5.32 Å². The number of rotatable bonds is 3. The van der Waals surface area contributed by atoms with Crippen molar-refractivity contribution in [3.05, 3.63) is 23.8 Å². The van der Waals surface area contributed by atoms with Crippen LogP contribution in [-0.2, 0) is 10.3 Å². The van der Waals surface area contributed by atoms with Crippen LogP contribution in [0, 0.1) is 0 Å². The lowest BCUT2D eigenvalue weighted by molar-refractivity contribution is -0.131. The molecule has 1 aromatic rings. The number of hydrogen-bond acceptors (Lipinski definition) is 4. The van der Waals surface area contributed by atoms with Crippen molar-refractivity contribution in [3.8, 4) is 11.5 Å². The number of carbonyl (C=O) groups is 2. The quantitative estimate of drug-likeness (QED) is 0.859. The Morgan fingerprint density at radius 1 is 1.24 bits per heavy atom. The van der Waals surface area contributed by atoms with Crippen molar-refractivity contribution in [2.24, 2.45) is 0 Å². The van der Waals surface area contributed by atoms with Gasteiger partial charge in [-0.3, -0.25) is 9.69 Å². The van der Waals surface area contributed by atoms with Gasteiger partial charge < -0.3 is 14.8 Å². The minimum Gasteiger partial charge on any atom is -0.486 e. The Kier molecular flexibility index (Phi) is 3.23. The number of nitrogens with zero attached hydrogens (tertiary/aromatic N) is 1. The van der Waals surface area contributed by atoms with Crippen molar-refractivity contribution in [1.29, 1.82) is 0 Å². The molecule has 2 heterocycles. The van der Waals surface area contributed by atoms with Crippen LogP contribution >= 0.6 is 0 Å². The Bertz CT molecular complexity index is 601. The summed E-state index contributed by atoms with van der Waals surface area (Å²) in [7, 11) is 0. The van der Waals surface area contributed by atoms with Crippen molar-refractivity contribution in [1.82, 2.24) is 10.2 Å². The normalized spacial score (nSPS) is 24.2. The number of hydrogen-bond donors (Lipinski definition) is 1. The first kappa shape index (κ1) is 13.7. The van der Waals surface area contributed by atoms with Crippen molar-refractivity contribution in [2.75, 3.05) is 19.8 Å². The fourth-order valence-electron chi connectivity index (χ4n) is 2.67. The Morgan fingerprint density at radius 3 is 2.67 bits per heavy atom. The molecule has 0 aliphatic carbocycles. The van der Waals surface area contributed by atoms with Gasteiger partial charge in [0.1, 0.15) is 18.8 Å². The standard InChI is InChI=1S/C15H18N2O4/c1-3-6-17-13(18)15(2,16-14(17)19)10-4-5-11-12(9-10)21-8-7-20-11/h4-5,9H,3,6-8H2,1-2H3,(H,16,19). The van der Waals surface area contributed by atoms with E-state index in [9.17, 15) is 9.59 Å². The fraction of sp³-hybridized carbons (Fsp3) is 0.467. The molecule has 2 aliphatic rings. The van der Waals surface area contributed by atoms with E-state index in [1.165, 1.54) is 4.90 Å². The van der Waals surface area contributed by atoms with Crippen LogP contribution in [0.1, 0.15) is 25.8 Å². The number of amides is 3. The Morgan fingerprint density at radius 2 is 1.95 bits per heavy atom. The van der Waals surface area contributed by atoms with Crippen molar-refractivity contribution in [2.45, 2.75) is 25.8 Å². The summed E-state index contributed by atoms with van der Waals surface area (Å²) >= 11 is 0. The number of fused-ring (bicyclic) bond motifs is 1. The minimum atomic E-state index is -1.05. The Hall–Kier alpha value is -2.24. The van der Waals surface area contributed by atoms with Crippen LogP contribution in [0.4, 0.5) is 4.79 Å². The average molecular weight is 290 g/mol. The van der Waals surface area contributed by atoms with Crippen LogP contribution in [0.25, 0.3) is 0 Å². The molecular weight excluding hydrogens is 272 g/mol. The maximum Gasteiger partial charge on any atom is 0.325 e. The summed E-state index contributed by atoms with van der Waals surface area (Å²) in [5, 5.41) is 2.78. The molecule has 3 amide bonds. The lowest BCUT2D eigenvalue weighted by atomic mass is 9.91. The molecule has 1 unspecified atom stereocenters. The maximum atomic E-state index is 12.6. The summed E-state index contributed by atoms with van der Waals surface area (Å²) in [5.41, 5.74) is -0.356. The van der Waals surface area contributed by atoms with E-state index in [0.717, 1.165) is 6.42 Å². The first-order valence-electron chi connectivity index (χ1n) is 7.10. The highest BCUT2D eigenvalue weighted by Crippen LogP contribution is 2.36. The van der Waals surface area contributed by atoms with Gasteiger partial charge in [0.25, 0.3) is 5.91 Å². The number of benzene rings is 1. The summed E-state index contributed by atoms with van der Waals surface area (Å²) in [6, 6.07) is 4.99. The van der Waals surface area contributed by atoms with Crippen LogP contribution < -0.4 is 14.8 Å². The van der Waals surface area contributed by atoms with Gasteiger partial charge in [-0.2, -0.15) is 0 Å². The van der Waals surface area contributed by atoms with E-state index in [-0.39, 0.29) is 11.9 Å². The van der Waals surface area contributed by atoms with Crippen LogP contribution in [0.3, 0.4) is 0 Å². The van der Waals surface area contributed by atoms with E-state index >= 15 is 0 Å². The molecule has 0 bridgehead atoms. The fourth-order valence-corrected chi connectivity index (χ4v) is 2.67. The molecule has 6 nitrogen and oxygen atoms in total. The van der Waals surface area contributed by atoms with Crippen molar-refractivity contribution in [3.63, 3.8) is 0 Å². The first-order chi connectivity index (χ1) is 10.1. The second-order valence-electron chi connectivity index (χ2n) is 5.37. The lowest BCUT2D eigenvalue weighted by Crippen LogP contribution is -2.41. The summed E-state index contributed by atoms with van der Waals surface area (Å²) in [6.45, 7) is 5.07. The average Bonchev–Trinajstić information content (AvgIpc) is 2.71. The maximum absolute atomic E-state index is 12.6. The SMILES string of the molecule is CCCN1C(=O)NC(C)(c2ccc3c(c2)OCCO3)C1=O. The summed E-state index contributed by atoms with van der Waals surface area (Å²) in [6.07, 6.45) is 0.733. The van der Waals surface area contributed by atoms with Gasteiger partial charge in [0.05, 0.1) is 0 Å². The Labute approximate surface area is 123 Å². The predicted molar refractivity (Wildman–Crippen MR) is 75.3 cm³/mol. The van der Waals surface area contributed by atoms with Gasteiger partial charge >= 0.3 is 6.03 Å². The van der Waals surface area contributed by atoms with Gasteiger partial charge in [-0.15, -0.1) is 0 Å². The zero-order valence-electron chi connectivity index (χ0n) is 12.1. The number of imide groups is 1. The lowest BCUT2D eigenvalue weighted by Gasteiger charge is -2.25. The third kappa shape index (κ3) is 2.11. The van der Waals surface area contributed by atoms with Gasteiger partial charge in [-0.1, -0.05) is 13.0 Å². The van der Waals surface area contributed by atoms with Crippen LogP contribution in [0.15, 0.2) is 18.2 Å². The van der Waals surface area contributed by atoms with E-state index < -0.39 is 5.54 Å². The van der Waals surface area contributed by atoms with Gasteiger partial charge in [0, 0.05) is 6.54 Å². The molecule has 0 radical (unpaired) electrons. The molecule has 0 spiro atoms. The number of ether oxygens (including phenoxy) is 2. The monoisotopic (exact) mass is 290 g/mol. The van der Waals surface area contributed by atoms with E-state index in [1.807, 2.05) is 6.92 Å². The summed E-state index contributed by atoms with van der Waals surface area (Å²) in [4.78, 5) is 25.8. The number of nitrogens with one attached hydrogen (secondary N) is 1. The van der Waals surface area contributed by atoms with Crippen LogP contribution in [0.2, 0.25) is 0 Å². The molecule has 0 saturated carbocycles. The van der Waals surface area contributed by atoms with E-state index in [4.69, 9.17) is 9.47 Å². The van der Waals surface area contributed by atoms with Gasteiger partial charge in [-0.05, 0) is 31.0 Å². The smallest absolute Gasteiger partial charge is 0.325 e. The minimum absolute atomic E-state index is 0.231. The van der Waals surface area contributed by atoms with Gasteiger partial charge in [-0.25, -0.2) is 4.79 Å². The summed E-state index contributed by atoms with van der Waals surface area (Å²) in [5.74, 6) is 1.04. The van der Waals surface area contributed by atoms with E-state index in [0.29, 0.717) is 36.8 Å². The topological polar surface area (TPSA) is 67.9 Å². The molecule has 1 saturated heterocycles. The molecule has 0 aromatic heterocycles. The number of carbonyl (C=O) groups excluding carboxylic acids is 2. The zero-order valence-corrected chi connectivity index (χ0v) is 12.1. The largest absolute Gasteiger partial charge is 0.486 e. The highest BCUT2D eigenvalue weighted by atomic mass is 16.6. The third-order valence-corrected chi connectivity index (χ3v) is 3.84. The molecule has 112 valence electrons. The first-order valence-corrected chi connectivity index (χ1v) is 7.10. The molecule has 1 aromatic carbocycles. The molecular formula is C15H18N2O4. The van der Waals surface area contributed by atoms with E-state index in [1.54, 1.807) is 25.1 Å². The molecule has 1 N–H and O–H groups in total. The molecule has 3 rings (SSSR count). The predicted octanol–water partition coefficient (Wildman–Crippen LogP) is 1.63. The third-order valence-electron chi connectivity index (χ3n) is 3.84. The molecule has 6 heteroatoms. The molecule has 1 fully saturated rings. The summed E-state index contributed by atoms with van der Waals surface area (Å²) < 4.78 is 11.0. The van der Waals surface area contributed by atoms with Crippen molar-refractivity contribution >= 4 is 11.9 Å². The number of urea groups is 1. The molecule has 1 atom stereocenters. The molecule has 2 aliphatic heterocycles. The van der Waals surface area contributed by atoms with Crippen LogP contribution in [0.5, 0.6) is 11.5 Å². The highest BCUT2D eigenvalue weighted by Gasteiger charge is 2.48. The van der Waals surface area contributed by atoms with Gasteiger partial charge in [0.2, 0.25) is 0 Å². The Balaban J connectivity index is 1.96. The second kappa shape index (κ2) is 4.95. The molecule has 21 heavy (non-hydrogen) atoms. The van der Waals surface area contributed by atoms with Crippen LogP contribution in [-0.4, -0.2) is 36.6 Å². The van der Waals surface area contributed by atoms with Gasteiger partial charge in [0.15, 0.2) is 11.5 Å². The zero-order chi connectivity index (χ0) is 15.0. The highest BCUT2D eigenvalue weighted by molar-refractivity contribution is 6.07.